The van der Waals surface area contributed by atoms with Gasteiger partial charge in [-0.1, -0.05) is 0 Å². The van der Waals surface area contributed by atoms with Crippen LogP contribution in [0.15, 0.2) is 18.3 Å². The Balaban J connectivity index is 2.11. The van der Waals surface area contributed by atoms with Crippen LogP contribution in [0.25, 0.3) is 0 Å². The van der Waals surface area contributed by atoms with Gasteiger partial charge < -0.3 is 5.32 Å². The number of amides is 1. The summed E-state index contributed by atoms with van der Waals surface area (Å²) in [5, 5.41) is 11.8. The first-order valence-electron chi connectivity index (χ1n) is 5.08. The highest BCUT2D eigenvalue weighted by molar-refractivity contribution is 7.99. The van der Waals surface area contributed by atoms with E-state index in [1.165, 1.54) is 6.07 Å². The Labute approximate surface area is 102 Å². The van der Waals surface area contributed by atoms with Crippen LogP contribution in [0, 0.1) is 17.3 Å². The minimum atomic E-state index is -0.795. The summed E-state index contributed by atoms with van der Waals surface area (Å²) >= 11 is 1.63. The van der Waals surface area contributed by atoms with E-state index >= 15 is 0 Å². The number of carbonyl (C=O) groups is 1. The van der Waals surface area contributed by atoms with Gasteiger partial charge in [0.05, 0.1) is 11.6 Å². The van der Waals surface area contributed by atoms with Crippen LogP contribution < -0.4 is 5.32 Å². The van der Waals surface area contributed by atoms with Crippen LogP contribution in [0.3, 0.4) is 0 Å². The summed E-state index contributed by atoms with van der Waals surface area (Å²) in [6, 6.07) is 4.62. The zero-order valence-electron chi connectivity index (χ0n) is 8.94. The third-order valence-electron chi connectivity index (χ3n) is 2.58. The first kappa shape index (κ1) is 11.9. The summed E-state index contributed by atoms with van der Waals surface area (Å²) in [5.74, 6) is 0.425. The Kier molecular flexibility index (Phi) is 3.29. The molecule has 1 aromatic heterocycles. The van der Waals surface area contributed by atoms with Gasteiger partial charge in [0.15, 0.2) is 0 Å². The van der Waals surface area contributed by atoms with E-state index in [9.17, 15) is 9.18 Å². The van der Waals surface area contributed by atoms with E-state index in [0.29, 0.717) is 12.2 Å². The predicted octanol–water partition coefficient (Wildman–Crippen LogP) is 1.35. The molecule has 6 heteroatoms. The van der Waals surface area contributed by atoms with Gasteiger partial charge >= 0.3 is 0 Å². The van der Waals surface area contributed by atoms with Gasteiger partial charge in [0, 0.05) is 11.9 Å². The van der Waals surface area contributed by atoms with E-state index < -0.39 is 11.5 Å². The topological polar surface area (TPSA) is 65.8 Å². The van der Waals surface area contributed by atoms with Crippen molar-refractivity contribution in [2.24, 2.45) is 0 Å². The molecule has 17 heavy (non-hydrogen) atoms. The third kappa shape index (κ3) is 2.56. The van der Waals surface area contributed by atoms with Crippen molar-refractivity contribution in [3.8, 4) is 6.07 Å². The predicted molar refractivity (Wildman–Crippen MR) is 61.9 cm³/mol. The number of hydrogen-bond acceptors (Lipinski definition) is 4. The third-order valence-corrected chi connectivity index (χ3v) is 3.77. The second kappa shape index (κ2) is 4.72. The lowest BCUT2D eigenvalue weighted by Crippen LogP contribution is -2.47. The number of nitriles is 1. The fraction of sp³-hybridized carbons (Fsp3) is 0.364. The summed E-state index contributed by atoms with van der Waals surface area (Å²) < 4.78 is 12.6. The standard InChI is InChI=1S/C11H10FN3OS/c12-9-2-1-8(5-14-9)10(16)15-11(6-13)3-4-17-7-11/h1-2,5H,3-4,7H2,(H,15,16). The Morgan fingerprint density at radius 1 is 1.65 bits per heavy atom. The van der Waals surface area contributed by atoms with Crippen molar-refractivity contribution >= 4 is 17.7 Å². The molecule has 0 bridgehead atoms. The van der Waals surface area contributed by atoms with Gasteiger partial charge in [-0.25, -0.2) is 4.98 Å². The normalized spacial score (nSPS) is 23.1. The van der Waals surface area contributed by atoms with Crippen molar-refractivity contribution < 1.29 is 9.18 Å². The molecule has 4 nitrogen and oxygen atoms in total. The van der Waals surface area contributed by atoms with E-state index in [-0.39, 0.29) is 11.5 Å². The van der Waals surface area contributed by atoms with Crippen LogP contribution in [-0.4, -0.2) is 27.9 Å². The monoisotopic (exact) mass is 251 g/mol. The van der Waals surface area contributed by atoms with Gasteiger partial charge in [0.2, 0.25) is 5.95 Å². The van der Waals surface area contributed by atoms with Crippen LogP contribution in [0.1, 0.15) is 16.8 Å². The smallest absolute Gasteiger partial charge is 0.254 e. The maximum atomic E-state index is 12.6. The molecule has 1 aromatic rings. The molecule has 0 aromatic carbocycles. The van der Waals surface area contributed by atoms with Gasteiger partial charge in [-0.15, -0.1) is 0 Å². The van der Waals surface area contributed by atoms with Crippen molar-refractivity contribution in [3.63, 3.8) is 0 Å². The fourth-order valence-corrected chi connectivity index (χ4v) is 2.85. The Morgan fingerprint density at radius 2 is 2.47 bits per heavy atom. The van der Waals surface area contributed by atoms with Crippen LogP contribution in [0.5, 0.6) is 0 Å². The molecule has 1 fully saturated rings. The number of nitrogens with one attached hydrogen (secondary N) is 1. The summed E-state index contributed by atoms with van der Waals surface area (Å²) in [6.07, 6.45) is 1.80. The molecular formula is C11H10FN3OS. The van der Waals surface area contributed by atoms with Gasteiger partial charge in [-0.2, -0.15) is 21.4 Å². The molecule has 0 spiro atoms. The van der Waals surface area contributed by atoms with Crippen molar-refractivity contribution in [1.29, 1.82) is 5.26 Å². The van der Waals surface area contributed by atoms with Gasteiger partial charge in [0.25, 0.3) is 5.91 Å². The number of hydrogen-bond donors (Lipinski definition) is 1. The molecular weight excluding hydrogens is 241 g/mol. The number of carbonyl (C=O) groups excluding carboxylic acids is 1. The lowest BCUT2D eigenvalue weighted by molar-refractivity contribution is 0.0925. The molecule has 88 valence electrons. The average molecular weight is 251 g/mol. The zero-order chi connectivity index (χ0) is 12.3. The second-order valence-electron chi connectivity index (χ2n) is 3.82. The van der Waals surface area contributed by atoms with Gasteiger partial charge in [0.1, 0.15) is 5.54 Å². The first-order chi connectivity index (χ1) is 8.15. The largest absolute Gasteiger partial charge is 0.333 e. The van der Waals surface area contributed by atoms with Gasteiger partial charge in [-0.05, 0) is 24.3 Å². The average Bonchev–Trinajstić information content (AvgIpc) is 2.79. The Bertz CT molecular complexity index is 463. The number of pyridine rings is 1. The quantitative estimate of drug-likeness (QED) is 0.806. The van der Waals surface area contributed by atoms with Crippen molar-refractivity contribution in [1.82, 2.24) is 10.3 Å². The number of rotatable bonds is 2. The van der Waals surface area contributed by atoms with E-state index in [0.717, 1.165) is 18.0 Å². The Morgan fingerprint density at radius 3 is 3.00 bits per heavy atom. The molecule has 1 amide bonds. The SMILES string of the molecule is N#CC1(NC(=O)c2ccc(F)nc2)CCSC1. The second-order valence-corrected chi connectivity index (χ2v) is 4.93. The summed E-state index contributed by atoms with van der Waals surface area (Å²) in [5.41, 5.74) is -0.534. The highest BCUT2D eigenvalue weighted by atomic mass is 32.2. The molecule has 1 N–H and O–H groups in total. The molecule has 2 heterocycles. The molecule has 1 unspecified atom stereocenters. The van der Waals surface area contributed by atoms with Crippen LogP contribution >= 0.6 is 11.8 Å². The van der Waals surface area contributed by atoms with Crippen molar-refractivity contribution in [2.45, 2.75) is 12.0 Å². The number of halogens is 1. The summed E-state index contributed by atoms with van der Waals surface area (Å²) in [7, 11) is 0. The van der Waals surface area contributed by atoms with Crippen molar-refractivity contribution in [2.75, 3.05) is 11.5 Å². The molecule has 1 aliphatic heterocycles. The molecule has 1 saturated heterocycles. The molecule has 1 atom stereocenters. The fourth-order valence-electron chi connectivity index (χ4n) is 1.58. The minimum Gasteiger partial charge on any atom is -0.333 e. The van der Waals surface area contributed by atoms with Crippen LogP contribution in [0.2, 0.25) is 0 Å². The number of nitrogens with zero attached hydrogens (tertiary/aromatic N) is 2. The molecule has 0 aliphatic carbocycles. The number of thioether (sulfide) groups is 1. The lowest BCUT2D eigenvalue weighted by atomic mass is 10.0. The molecule has 1 aliphatic rings. The van der Waals surface area contributed by atoms with Gasteiger partial charge in [-0.3, -0.25) is 4.79 Å². The highest BCUT2D eigenvalue weighted by Crippen LogP contribution is 2.27. The van der Waals surface area contributed by atoms with E-state index in [4.69, 9.17) is 5.26 Å². The van der Waals surface area contributed by atoms with E-state index in [2.05, 4.69) is 16.4 Å². The first-order valence-corrected chi connectivity index (χ1v) is 6.24. The maximum Gasteiger partial charge on any atom is 0.254 e. The molecule has 0 saturated carbocycles. The maximum absolute atomic E-state index is 12.6. The molecule has 0 radical (unpaired) electrons. The van der Waals surface area contributed by atoms with Crippen LogP contribution in [-0.2, 0) is 0 Å². The van der Waals surface area contributed by atoms with E-state index in [1.807, 2.05) is 0 Å². The minimum absolute atomic E-state index is 0.262. The lowest BCUT2D eigenvalue weighted by Gasteiger charge is -2.20. The zero-order valence-corrected chi connectivity index (χ0v) is 9.76. The van der Waals surface area contributed by atoms with E-state index in [1.54, 1.807) is 11.8 Å². The summed E-state index contributed by atoms with van der Waals surface area (Å²) in [6.45, 7) is 0. The van der Waals surface area contributed by atoms with Crippen LogP contribution in [0.4, 0.5) is 4.39 Å². The molecule has 2 rings (SSSR count). The Hall–Kier alpha value is -1.61. The highest BCUT2D eigenvalue weighted by Gasteiger charge is 2.36. The number of aromatic nitrogens is 1. The van der Waals surface area contributed by atoms with Crippen molar-refractivity contribution in [3.05, 3.63) is 29.8 Å². The summed E-state index contributed by atoms with van der Waals surface area (Å²) in [4.78, 5) is 15.2.